The zero-order valence-electron chi connectivity index (χ0n) is 12.0. The molecule has 23 heavy (non-hydrogen) atoms. The highest BCUT2D eigenvalue weighted by molar-refractivity contribution is 6.32. The molecule has 1 aliphatic heterocycles. The Kier molecular flexibility index (Phi) is 3.83. The van der Waals surface area contributed by atoms with E-state index in [-0.39, 0.29) is 17.5 Å². The third-order valence-electron chi connectivity index (χ3n) is 3.22. The summed E-state index contributed by atoms with van der Waals surface area (Å²) >= 11 is 6.28. The summed E-state index contributed by atoms with van der Waals surface area (Å²) in [6, 6.07) is 5.10. The molecule has 3 amide bonds. The van der Waals surface area contributed by atoms with Crippen molar-refractivity contribution in [1.29, 1.82) is 0 Å². The van der Waals surface area contributed by atoms with Gasteiger partial charge in [0.2, 0.25) is 5.91 Å². The monoisotopic (exact) mass is 335 g/mol. The third kappa shape index (κ3) is 2.93. The number of nitrogens with one attached hydrogen (secondary N) is 1. The van der Waals surface area contributed by atoms with Crippen LogP contribution in [0.5, 0.6) is 0 Å². The number of hydrogen-bond donors (Lipinski definition) is 1. The summed E-state index contributed by atoms with van der Waals surface area (Å²) in [6.45, 7) is 1.58. The average Bonchev–Trinajstić information content (AvgIpc) is 2.97. The first-order valence-electron chi connectivity index (χ1n) is 6.62. The Morgan fingerprint density at radius 1 is 1.35 bits per heavy atom. The van der Waals surface area contributed by atoms with E-state index in [1.807, 2.05) is 0 Å². The number of amides is 3. The van der Waals surface area contributed by atoms with Crippen LogP contribution in [0.25, 0.3) is 5.69 Å². The van der Waals surface area contributed by atoms with Gasteiger partial charge in [-0.1, -0.05) is 11.6 Å². The zero-order valence-corrected chi connectivity index (χ0v) is 12.7. The van der Waals surface area contributed by atoms with E-state index < -0.39 is 11.9 Å². The van der Waals surface area contributed by atoms with Gasteiger partial charge in [-0.3, -0.25) is 10.1 Å². The minimum Gasteiger partial charge on any atom is -0.275 e. The molecule has 0 saturated carbocycles. The second kappa shape index (κ2) is 5.81. The number of carbonyl (C=O) groups excluding carboxylic acids is 2. The predicted octanol–water partition coefficient (Wildman–Crippen LogP) is 1.86. The minimum absolute atomic E-state index is 0.141. The summed E-state index contributed by atoms with van der Waals surface area (Å²) in [4.78, 5) is 22.5. The first-order chi connectivity index (χ1) is 11.0. The molecule has 1 aromatic heterocycles. The summed E-state index contributed by atoms with van der Waals surface area (Å²) < 4.78 is 14.4. The van der Waals surface area contributed by atoms with Crippen molar-refractivity contribution < 1.29 is 14.0 Å². The van der Waals surface area contributed by atoms with Crippen LogP contribution in [0.4, 0.5) is 9.18 Å². The lowest BCUT2D eigenvalue weighted by Gasteiger charge is -2.04. The molecule has 0 radical (unpaired) electrons. The van der Waals surface area contributed by atoms with E-state index in [2.05, 4.69) is 15.5 Å². The molecule has 0 spiro atoms. The molecule has 1 fully saturated rings. The highest BCUT2D eigenvalue weighted by Gasteiger charge is 2.26. The fourth-order valence-corrected chi connectivity index (χ4v) is 2.38. The van der Waals surface area contributed by atoms with Crippen molar-refractivity contribution >= 4 is 29.8 Å². The van der Waals surface area contributed by atoms with Crippen LogP contribution in [-0.2, 0) is 4.79 Å². The second-order valence-electron chi connectivity index (χ2n) is 4.83. The van der Waals surface area contributed by atoms with Crippen LogP contribution in [-0.4, -0.2) is 39.5 Å². The van der Waals surface area contributed by atoms with Crippen LogP contribution in [0.1, 0.15) is 11.3 Å². The van der Waals surface area contributed by atoms with Gasteiger partial charge in [-0.15, -0.1) is 0 Å². The summed E-state index contributed by atoms with van der Waals surface area (Å²) in [5.41, 5.74) is 1.67. The fourth-order valence-electron chi connectivity index (χ4n) is 2.06. The summed E-state index contributed by atoms with van der Waals surface area (Å²) in [5, 5.41) is 11.6. The normalized spacial score (nSPS) is 14.8. The molecule has 2 aromatic rings. The van der Waals surface area contributed by atoms with Crippen LogP contribution in [0.2, 0.25) is 5.15 Å². The van der Waals surface area contributed by atoms with Gasteiger partial charge in [0.15, 0.2) is 0 Å². The fraction of sp³-hybridized carbons (Fsp3) is 0.143. The van der Waals surface area contributed by atoms with Crippen LogP contribution < -0.4 is 5.32 Å². The molecule has 1 aromatic carbocycles. The van der Waals surface area contributed by atoms with Gasteiger partial charge in [0, 0.05) is 0 Å². The number of nitrogens with zero attached hydrogens (tertiary/aromatic N) is 4. The number of imide groups is 1. The lowest BCUT2D eigenvalue weighted by Crippen LogP contribution is -2.24. The quantitative estimate of drug-likeness (QED) is 0.686. The van der Waals surface area contributed by atoms with Crippen LogP contribution in [0.15, 0.2) is 29.4 Å². The molecular formula is C14H11ClFN5O2. The predicted molar refractivity (Wildman–Crippen MR) is 81.1 cm³/mol. The van der Waals surface area contributed by atoms with Gasteiger partial charge in [-0.25, -0.2) is 18.9 Å². The van der Waals surface area contributed by atoms with Gasteiger partial charge in [-0.05, 0) is 31.2 Å². The van der Waals surface area contributed by atoms with E-state index in [0.29, 0.717) is 16.9 Å². The maximum Gasteiger partial charge on any atom is 0.344 e. The molecule has 1 saturated heterocycles. The Labute approximate surface area is 135 Å². The first kappa shape index (κ1) is 15.2. The molecule has 7 nitrogen and oxygen atoms in total. The van der Waals surface area contributed by atoms with E-state index in [4.69, 9.17) is 11.6 Å². The molecule has 2 heterocycles. The molecule has 118 valence electrons. The van der Waals surface area contributed by atoms with Gasteiger partial charge in [0.25, 0.3) is 0 Å². The van der Waals surface area contributed by atoms with Crippen LogP contribution in [0.3, 0.4) is 0 Å². The number of halogens is 2. The summed E-state index contributed by atoms with van der Waals surface area (Å²) in [6.07, 6.45) is 1.36. The van der Waals surface area contributed by atoms with Crippen molar-refractivity contribution in [3.8, 4) is 5.69 Å². The van der Waals surface area contributed by atoms with Crippen molar-refractivity contribution in [2.45, 2.75) is 6.92 Å². The van der Waals surface area contributed by atoms with Crippen molar-refractivity contribution in [3.05, 3.63) is 46.5 Å². The van der Waals surface area contributed by atoms with Crippen molar-refractivity contribution in [2.75, 3.05) is 6.54 Å². The number of carbonyl (C=O) groups is 2. The van der Waals surface area contributed by atoms with Crippen molar-refractivity contribution in [2.24, 2.45) is 5.10 Å². The molecule has 9 heteroatoms. The third-order valence-corrected chi connectivity index (χ3v) is 3.58. The minimum atomic E-state index is -0.592. The van der Waals surface area contributed by atoms with Gasteiger partial charge in [0.1, 0.15) is 17.5 Å². The van der Waals surface area contributed by atoms with Gasteiger partial charge >= 0.3 is 6.03 Å². The SMILES string of the molecule is Cc1nn(-c2ccc(F)cc2)c(Cl)c1C=NN1CC(=O)NC1=O. The number of urea groups is 1. The largest absolute Gasteiger partial charge is 0.344 e. The van der Waals surface area contributed by atoms with Gasteiger partial charge < -0.3 is 0 Å². The van der Waals surface area contributed by atoms with Crippen molar-refractivity contribution in [1.82, 2.24) is 20.1 Å². The van der Waals surface area contributed by atoms with E-state index in [9.17, 15) is 14.0 Å². The maximum absolute atomic E-state index is 13.0. The first-order valence-corrected chi connectivity index (χ1v) is 7.00. The number of aromatic nitrogens is 2. The Morgan fingerprint density at radius 2 is 2.04 bits per heavy atom. The highest BCUT2D eigenvalue weighted by Crippen LogP contribution is 2.22. The van der Waals surface area contributed by atoms with Crippen LogP contribution in [0, 0.1) is 12.7 Å². The lowest BCUT2D eigenvalue weighted by atomic mass is 10.3. The van der Waals surface area contributed by atoms with Crippen molar-refractivity contribution in [3.63, 3.8) is 0 Å². The molecule has 0 atom stereocenters. The summed E-state index contributed by atoms with van der Waals surface area (Å²) in [7, 11) is 0. The Bertz CT molecular complexity index is 815. The molecule has 1 N–H and O–H groups in total. The number of aryl methyl sites for hydroxylation is 1. The van der Waals surface area contributed by atoms with E-state index in [1.165, 1.54) is 23.0 Å². The number of hydrazone groups is 1. The maximum atomic E-state index is 13.0. The molecule has 0 aliphatic carbocycles. The zero-order chi connectivity index (χ0) is 16.6. The lowest BCUT2D eigenvalue weighted by molar-refractivity contribution is -0.118. The number of hydrogen-bond acceptors (Lipinski definition) is 4. The number of benzene rings is 1. The summed E-state index contributed by atoms with van der Waals surface area (Å²) in [5.74, 6) is -0.780. The smallest absolute Gasteiger partial charge is 0.275 e. The van der Waals surface area contributed by atoms with Crippen LogP contribution >= 0.6 is 11.6 Å². The topological polar surface area (TPSA) is 79.6 Å². The standard InChI is InChI=1S/C14H11ClFN5O2/c1-8-11(6-17-20-7-12(22)18-14(20)23)13(15)21(19-8)10-4-2-9(16)3-5-10/h2-6H,7H2,1H3,(H,18,22,23). The molecule has 0 bridgehead atoms. The van der Waals surface area contributed by atoms with Gasteiger partial charge in [0.05, 0.1) is 23.2 Å². The van der Waals surface area contributed by atoms with E-state index in [1.54, 1.807) is 19.1 Å². The van der Waals surface area contributed by atoms with E-state index >= 15 is 0 Å². The van der Waals surface area contributed by atoms with E-state index in [0.717, 1.165) is 5.01 Å². The molecule has 1 aliphatic rings. The molecule has 3 rings (SSSR count). The Balaban J connectivity index is 1.90. The Hall–Kier alpha value is -2.74. The number of rotatable bonds is 3. The second-order valence-corrected chi connectivity index (χ2v) is 5.19. The van der Waals surface area contributed by atoms with Gasteiger partial charge in [-0.2, -0.15) is 10.2 Å². The Morgan fingerprint density at radius 3 is 2.65 bits per heavy atom. The molecular weight excluding hydrogens is 325 g/mol. The average molecular weight is 336 g/mol. The molecule has 0 unspecified atom stereocenters. The highest BCUT2D eigenvalue weighted by atomic mass is 35.5.